The van der Waals surface area contributed by atoms with E-state index in [2.05, 4.69) is 33.9 Å². The Bertz CT molecular complexity index is 759. The predicted molar refractivity (Wildman–Crippen MR) is 115 cm³/mol. The highest BCUT2D eigenvalue weighted by atomic mass is 35.5. The number of rotatable bonds is 8. The first-order chi connectivity index (χ1) is 12.6. The zero-order chi connectivity index (χ0) is 20.1. The van der Waals surface area contributed by atoms with Gasteiger partial charge in [-0.1, -0.05) is 50.6 Å². The summed E-state index contributed by atoms with van der Waals surface area (Å²) in [5.74, 6) is 1.48. The molecular weight excluding hydrogens is 378 g/mol. The maximum Gasteiger partial charge on any atom is 0.192 e. The summed E-state index contributed by atoms with van der Waals surface area (Å²) in [7, 11) is -1.75. The summed E-state index contributed by atoms with van der Waals surface area (Å²) >= 11 is 5.94. The maximum absolute atomic E-state index is 6.17. The number of para-hydroxylation sites is 1. The average Bonchev–Trinajstić information content (AvgIpc) is 2.59. The van der Waals surface area contributed by atoms with Gasteiger partial charge in [0.25, 0.3) is 0 Å². The number of anilines is 1. The predicted octanol–water partition coefficient (Wildman–Crippen LogP) is 5.90. The molecule has 2 rings (SSSR count). The fourth-order valence-corrected chi connectivity index (χ4v) is 3.35. The summed E-state index contributed by atoms with van der Waals surface area (Å²) in [6.07, 6.45) is 0. The second-order valence-corrected chi connectivity index (χ2v) is 13.3. The zero-order valence-electron chi connectivity index (χ0n) is 16.8. The Morgan fingerprint density at radius 2 is 1.70 bits per heavy atom. The van der Waals surface area contributed by atoms with E-state index in [-0.39, 0.29) is 5.04 Å². The highest BCUT2D eigenvalue weighted by Crippen LogP contribution is 2.36. The van der Waals surface area contributed by atoms with E-state index >= 15 is 0 Å². The van der Waals surface area contributed by atoms with Crippen LogP contribution in [0.2, 0.25) is 23.2 Å². The van der Waals surface area contributed by atoms with Gasteiger partial charge in [-0.15, -0.1) is 0 Å². The molecule has 0 unspecified atom stereocenters. The van der Waals surface area contributed by atoms with Crippen LogP contribution in [0.3, 0.4) is 0 Å². The van der Waals surface area contributed by atoms with Gasteiger partial charge in [-0.2, -0.15) is 0 Å². The SMILES string of the molecule is CC(C)(C)[Si](C)(C)OCCOc1ccccc1COc1ccc(Cl)c(N)c1. The third-order valence-electron chi connectivity index (χ3n) is 4.94. The molecule has 0 aliphatic heterocycles. The van der Waals surface area contributed by atoms with Gasteiger partial charge in [0.2, 0.25) is 0 Å². The van der Waals surface area contributed by atoms with Crippen LogP contribution in [0.25, 0.3) is 0 Å². The van der Waals surface area contributed by atoms with Crippen LogP contribution in [0, 0.1) is 0 Å². The molecule has 0 fully saturated rings. The highest BCUT2D eigenvalue weighted by molar-refractivity contribution is 6.74. The van der Waals surface area contributed by atoms with E-state index in [0.717, 1.165) is 11.3 Å². The first-order valence-corrected chi connectivity index (χ1v) is 12.4. The van der Waals surface area contributed by atoms with E-state index in [1.807, 2.05) is 24.3 Å². The molecule has 0 aromatic heterocycles. The molecule has 0 heterocycles. The molecule has 0 saturated carbocycles. The Morgan fingerprint density at radius 3 is 2.37 bits per heavy atom. The van der Waals surface area contributed by atoms with Crippen LogP contribution in [0.1, 0.15) is 26.3 Å². The van der Waals surface area contributed by atoms with Crippen LogP contribution in [0.5, 0.6) is 11.5 Å². The van der Waals surface area contributed by atoms with Crippen molar-refractivity contribution in [1.29, 1.82) is 0 Å². The van der Waals surface area contributed by atoms with Gasteiger partial charge in [0, 0.05) is 11.6 Å². The van der Waals surface area contributed by atoms with Crippen LogP contribution >= 0.6 is 11.6 Å². The highest BCUT2D eigenvalue weighted by Gasteiger charge is 2.36. The lowest BCUT2D eigenvalue weighted by Gasteiger charge is -2.36. The Kier molecular flexibility index (Phi) is 7.20. The fraction of sp³-hybridized carbons (Fsp3) is 0.429. The van der Waals surface area contributed by atoms with Crippen LogP contribution in [-0.4, -0.2) is 21.5 Å². The molecule has 0 radical (unpaired) electrons. The molecule has 0 bridgehead atoms. The Morgan fingerprint density at radius 1 is 1.00 bits per heavy atom. The van der Waals surface area contributed by atoms with Crippen molar-refractivity contribution >= 4 is 25.6 Å². The molecule has 2 aromatic rings. The first kappa shape index (κ1) is 21.6. The molecule has 4 nitrogen and oxygen atoms in total. The molecule has 6 heteroatoms. The summed E-state index contributed by atoms with van der Waals surface area (Å²) in [6.45, 7) is 12.7. The van der Waals surface area contributed by atoms with Crippen LogP contribution in [-0.2, 0) is 11.0 Å². The Balaban J connectivity index is 1.90. The van der Waals surface area contributed by atoms with Gasteiger partial charge >= 0.3 is 0 Å². The van der Waals surface area contributed by atoms with Crippen molar-refractivity contribution in [2.45, 2.75) is 45.5 Å². The minimum absolute atomic E-state index is 0.194. The maximum atomic E-state index is 6.17. The van der Waals surface area contributed by atoms with E-state index in [1.54, 1.807) is 18.2 Å². The number of nitrogens with two attached hydrogens (primary N) is 1. The van der Waals surface area contributed by atoms with Gasteiger partial charge in [0.1, 0.15) is 24.7 Å². The van der Waals surface area contributed by atoms with Crippen molar-refractivity contribution in [1.82, 2.24) is 0 Å². The quantitative estimate of drug-likeness (QED) is 0.336. The van der Waals surface area contributed by atoms with Gasteiger partial charge in [-0.25, -0.2) is 0 Å². The number of hydrogen-bond donors (Lipinski definition) is 1. The minimum Gasteiger partial charge on any atom is -0.491 e. The topological polar surface area (TPSA) is 53.7 Å². The smallest absolute Gasteiger partial charge is 0.192 e. The Labute approximate surface area is 168 Å². The van der Waals surface area contributed by atoms with Crippen LogP contribution in [0.4, 0.5) is 5.69 Å². The van der Waals surface area contributed by atoms with Crippen molar-refractivity contribution in [2.75, 3.05) is 18.9 Å². The molecule has 0 aliphatic rings. The van der Waals surface area contributed by atoms with Crippen molar-refractivity contribution in [3.8, 4) is 11.5 Å². The summed E-state index contributed by atoms with van der Waals surface area (Å²) in [4.78, 5) is 0. The van der Waals surface area contributed by atoms with E-state index in [1.165, 1.54) is 0 Å². The molecule has 27 heavy (non-hydrogen) atoms. The molecule has 0 saturated heterocycles. The van der Waals surface area contributed by atoms with Crippen molar-refractivity contribution in [3.63, 3.8) is 0 Å². The Hall–Kier alpha value is -1.69. The van der Waals surface area contributed by atoms with Gasteiger partial charge < -0.3 is 19.6 Å². The average molecular weight is 408 g/mol. The minimum atomic E-state index is -1.75. The van der Waals surface area contributed by atoms with E-state index < -0.39 is 8.32 Å². The molecular formula is C21H30ClNO3Si. The summed E-state index contributed by atoms with van der Waals surface area (Å²) in [5.41, 5.74) is 7.29. The molecule has 0 atom stereocenters. The van der Waals surface area contributed by atoms with Crippen molar-refractivity contribution in [2.24, 2.45) is 0 Å². The second-order valence-electron chi connectivity index (χ2n) is 8.04. The molecule has 148 valence electrons. The number of ether oxygens (including phenoxy) is 2. The van der Waals surface area contributed by atoms with Crippen LogP contribution < -0.4 is 15.2 Å². The van der Waals surface area contributed by atoms with Crippen molar-refractivity contribution in [3.05, 3.63) is 53.1 Å². The molecule has 0 spiro atoms. The summed E-state index contributed by atoms with van der Waals surface area (Å²) in [6, 6.07) is 13.1. The summed E-state index contributed by atoms with van der Waals surface area (Å²) in [5, 5.41) is 0.715. The van der Waals surface area contributed by atoms with Gasteiger partial charge in [-0.3, -0.25) is 0 Å². The number of halogens is 1. The molecule has 0 amide bonds. The molecule has 2 aromatic carbocycles. The van der Waals surface area contributed by atoms with Gasteiger partial charge in [0.05, 0.1) is 17.3 Å². The lowest BCUT2D eigenvalue weighted by Crippen LogP contribution is -2.41. The third-order valence-corrected chi connectivity index (χ3v) is 9.83. The molecule has 0 aliphatic carbocycles. The first-order valence-electron chi connectivity index (χ1n) is 9.12. The zero-order valence-corrected chi connectivity index (χ0v) is 18.6. The second kappa shape index (κ2) is 9.00. The lowest BCUT2D eigenvalue weighted by molar-refractivity contribution is 0.199. The standard InChI is InChI=1S/C21H30ClNO3Si/c1-21(2,3)27(4,5)26-13-12-24-20-9-7-6-8-16(20)15-25-17-10-11-18(22)19(23)14-17/h6-11,14H,12-13,15,23H2,1-5H3. The van der Waals surface area contributed by atoms with E-state index in [0.29, 0.717) is 36.3 Å². The van der Waals surface area contributed by atoms with Gasteiger partial charge in [0.15, 0.2) is 8.32 Å². The molecule has 2 N–H and O–H groups in total. The van der Waals surface area contributed by atoms with Crippen LogP contribution in [0.15, 0.2) is 42.5 Å². The number of hydrogen-bond acceptors (Lipinski definition) is 4. The van der Waals surface area contributed by atoms with Crippen molar-refractivity contribution < 1.29 is 13.9 Å². The van der Waals surface area contributed by atoms with E-state index in [4.69, 9.17) is 31.2 Å². The third kappa shape index (κ3) is 6.16. The summed E-state index contributed by atoms with van der Waals surface area (Å²) < 4.78 is 17.9. The normalized spacial score (nSPS) is 12.1. The number of nitrogen functional groups attached to an aromatic ring is 1. The number of benzene rings is 2. The largest absolute Gasteiger partial charge is 0.491 e. The van der Waals surface area contributed by atoms with E-state index in [9.17, 15) is 0 Å². The lowest BCUT2D eigenvalue weighted by atomic mass is 10.2. The van der Waals surface area contributed by atoms with Gasteiger partial charge in [-0.05, 0) is 36.3 Å². The fourth-order valence-electron chi connectivity index (χ4n) is 2.20. The monoisotopic (exact) mass is 407 g/mol.